The summed E-state index contributed by atoms with van der Waals surface area (Å²) in [6, 6.07) is 7.30. The molecule has 1 fully saturated rings. The first-order chi connectivity index (χ1) is 13.1. The largest absolute Gasteiger partial charge is 0.350 e. The van der Waals surface area contributed by atoms with Gasteiger partial charge in [-0.3, -0.25) is 9.59 Å². The van der Waals surface area contributed by atoms with Crippen LogP contribution in [-0.4, -0.2) is 39.8 Å². The summed E-state index contributed by atoms with van der Waals surface area (Å²) in [4.78, 5) is 35.7. The van der Waals surface area contributed by atoms with Crippen molar-refractivity contribution in [1.29, 1.82) is 0 Å². The van der Waals surface area contributed by atoms with Crippen LogP contribution in [0, 0.1) is 0 Å². The van der Waals surface area contributed by atoms with Crippen molar-refractivity contribution in [2.75, 3.05) is 13.1 Å². The molecule has 4 rings (SSSR count). The van der Waals surface area contributed by atoms with E-state index in [-0.39, 0.29) is 18.4 Å². The van der Waals surface area contributed by atoms with Crippen molar-refractivity contribution in [1.82, 2.24) is 20.2 Å². The molecule has 0 spiro atoms. The lowest BCUT2D eigenvalue weighted by molar-refractivity contribution is -0.122. The van der Waals surface area contributed by atoms with Crippen molar-refractivity contribution < 1.29 is 9.59 Å². The minimum atomic E-state index is -0.183. The number of nitrogens with zero attached hydrogens (tertiary/aromatic N) is 3. The van der Waals surface area contributed by atoms with Crippen LogP contribution in [0.1, 0.15) is 52.6 Å². The van der Waals surface area contributed by atoms with E-state index in [9.17, 15) is 9.59 Å². The van der Waals surface area contributed by atoms with Gasteiger partial charge in [0.15, 0.2) is 0 Å². The summed E-state index contributed by atoms with van der Waals surface area (Å²) in [7, 11) is 0. The molecule has 0 saturated heterocycles. The summed E-state index contributed by atoms with van der Waals surface area (Å²) >= 11 is 5.86. The summed E-state index contributed by atoms with van der Waals surface area (Å²) in [5.41, 5.74) is 2.31. The Morgan fingerprint density at radius 1 is 1.26 bits per heavy atom. The Morgan fingerprint density at radius 2 is 2.04 bits per heavy atom. The number of aromatic nitrogens is 2. The second kappa shape index (κ2) is 7.64. The van der Waals surface area contributed by atoms with E-state index in [0.717, 1.165) is 42.8 Å². The number of rotatable bonds is 5. The molecule has 2 heterocycles. The summed E-state index contributed by atoms with van der Waals surface area (Å²) in [6.45, 7) is 0.987. The van der Waals surface area contributed by atoms with Gasteiger partial charge in [0.25, 0.3) is 5.91 Å². The highest BCUT2D eigenvalue weighted by molar-refractivity contribution is 6.30. The molecule has 2 amide bonds. The molecule has 1 aromatic heterocycles. The summed E-state index contributed by atoms with van der Waals surface area (Å²) < 4.78 is 0. The molecule has 7 heteroatoms. The number of carbonyl (C=O) groups excluding carboxylic acids is 2. The maximum Gasteiger partial charge on any atom is 0.257 e. The van der Waals surface area contributed by atoms with Crippen LogP contribution in [0.2, 0.25) is 5.02 Å². The molecular formula is C20H21ClN4O2. The lowest BCUT2D eigenvalue weighted by Crippen LogP contribution is -2.40. The van der Waals surface area contributed by atoms with Crippen molar-refractivity contribution in [3.05, 3.63) is 58.1 Å². The average Bonchev–Trinajstić information content (AvgIpc) is 3.51. The Hall–Kier alpha value is -2.47. The Morgan fingerprint density at radius 3 is 2.78 bits per heavy atom. The Labute approximate surface area is 163 Å². The van der Waals surface area contributed by atoms with Crippen molar-refractivity contribution in [3.63, 3.8) is 0 Å². The molecule has 140 valence electrons. The summed E-state index contributed by atoms with van der Waals surface area (Å²) in [5, 5.41) is 3.51. The number of fused-ring (bicyclic) bond motifs is 1. The monoisotopic (exact) mass is 384 g/mol. The van der Waals surface area contributed by atoms with Gasteiger partial charge in [-0.25, -0.2) is 9.97 Å². The van der Waals surface area contributed by atoms with Crippen LogP contribution in [0.25, 0.3) is 0 Å². The second-order valence-electron chi connectivity index (χ2n) is 7.10. The number of halogens is 1. The average molecular weight is 385 g/mol. The molecule has 1 N–H and O–H groups in total. The minimum absolute atomic E-state index is 0.0379. The van der Waals surface area contributed by atoms with E-state index in [0.29, 0.717) is 29.6 Å². The van der Waals surface area contributed by atoms with Crippen molar-refractivity contribution >= 4 is 23.4 Å². The van der Waals surface area contributed by atoms with Crippen molar-refractivity contribution in [2.24, 2.45) is 0 Å². The number of amides is 2. The molecule has 0 atom stereocenters. The second-order valence-corrected chi connectivity index (χ2v) is 7.53. The standard InChI is InChI=1S/C20H21ClN4O2/c21-15-7-3-13(4-8-15)10-22-18(26)12-25-9-1-2-17-16(20(25)27)11-23-19(24-17)14-5-6-14/h3-4,7-8,11,14H,1-2,5-6,9-10,12H2,(H,22,26). The number of hydrogen-bond donors (Lipinski definition) is 1. The Bertz CT molecular complexity index is 865. The van der Waals surface area contributed by atoms with E-state index in [1.807, 2.05) is 12.1 Å². The van der Waals surface area contributed by atoms with Gasteiger partial charge < -0.3 is 10.2 Å². The summed E-state index contributed by atoms with van der Waals surface area (Å²) in [6.07, 6.45) is 5.44. The van der Waals surface area contributed by atoms with E-state index in [1.165, 1.54) is 0 Å². The van der Waals surface area contributed by atoms with Gasteiger partial charge in [0.2, 0.25) is 5.91 Å². The molecule has 2 aromatic rings. The molecule has 0 radical (unpaired) electrons. The molecule has 0 bridgehead atoms. The topological polar surface area (TPSA) is 75.2 Å². The maximum atomic E-state index is 12.8. The van der Waals surface area contributed by atoms with Crippen LogP contribution >= 0.6 is 11.6 Å². The predicted octanol–water partition coefficient (Wildman–Crippen LogP) is 2.71. The lowest BCUT2D eigenvalue weighted by atomic mass is 10.1. The van der Waals surface area contributed by atoms with E-state index >= 15 is 0 Å². The normalized spacial score (nSPS) is 16.6. The quantitative estimate of drug-likeness (QED) is 0.860. The van der Waals surface area contributed by atoms with Gasteiger partial charge in [0.1, 0.15) is 5.82 Å². The zero-order valence-corrected chi connectivity index (χ0v) is 15.7. The van der Waals surface area contributed by atoms with Gasteiger partial charge in [0.05, 0.1) is 17.8 Å². The third-order valence-corrected chi connectivity index (χ3v) is 5.18. The third kappa shape index (κ3) is 4.27. The van der Waals surface area contributed by atoms with Gasteiger partial charge in [-0.15, -0.1) is 0 Å². The fourth-order valence-corrected chi connectivity index (χ4v) is 3.36. The highest BCUT2D eigenvalue weighted by atomic mass is 35.5. The van der Waals surface area contributed by atoms with Crippen LogP contribution in [0.15, 0.2) is 30.5 Å². The van der Waals surface area contributed by atoms with Gasteiger partial charge in [-0.1, -0.05) is 23.7 Å². The zero-order chi connectivity index (χ0) is 18.8. The number of nitrogens with one attached hydrogen (secondary N) is 1. The van der Waals surface area contributed by atoms with E-state index in [2.05, 4.69) is 15.3 Å². The number of aryl methyl sites for hydroxylation is 1. The van der Waals surface area contributed by atoms with Crippen LogP contribution in [0.3, 0.4) is 0 Å². The Kier molecular flexibility index (Phi) is 5.07. The molecule has 0 unspecified atom stereocenters. The molecule has 27 heavy (non-hydrogen) atoms. The Balaban J connectivity index is 1.39. The molecule has 1 saturated carbocycles. The van der Waals surface area contributed by atoms with E-state index in [4.69, 9.17) is 11.6 Å². The predicted molar refractivity (Wildman–Crippen MR) is 102 cm³/mol. The van der Waals surface area contributed by atoms with Gasteiger partial charge in [-0.05, 0) is 43.4 Å². The smallest absolute Gasteiger partial charge is 0.257 e. The van der Waals surface area contributed by atoms with Crippen LogP contribution in [0.4, 0.5) is 0 Å². The SMILES string of the molecule is O=C(CN1CCCc2nc(C3CC3)ncc2C1=O)NCc1ccc(Cl)cc1. The molecule has 1 aliphatic carbocycles. The highest BCUT2D eigenvalue weighted by Crippen LogP contribution is 2.38. The minimum Gasteiger partial charge on any atom is -0.350 e. The van der Waals surface area contributed by atoms with Gasteiger partial charge in [-0.2, -0.15) is 0 Å². The lowest BCUT2D eigenvalue weighted by Gasteiger charge is -2.20. The van der Waals surface area contributed by atoms with E-state index in [1.54, 1.807) is 23.2 Å². The molecule has 2 aliphatic rings. The fraction of sp³-hybridized carbons (Fsp3) is 0.400. The van der Waals surface area contributed by atoms with Crippen molar-refractivity contribution in [3.8, 4) is 0 Å². The van der Waals surface area contributed by atoms with Crippen LogP contribution in [0.5, 0.6) is 0 Å². The first kappa shape index (κ1) is 17.9. The molecule has 1 aromatic carbocycles. The van der Waals surface area contributed by atoms with Crippen molar-refractivity contribution in [2.45, 2.75) is 38.1 Å². The zero-order valence-electron chi connectivity index (χ0n) is 14.9. The molecule has 1 aliphatic heterocycles. The third-order valence-electron chi connectivity index (χ3n) is 4.93. The molecule has 6 nitrogen and oxygen atoms in total. The van der Waals surface area contributed by atoms with Gasteiger partial charge in [0, 0.05) is 30.2 Å². The number of hydrogen-bond acceptors (Lipinski definition) is 4. The van der Waals surface area contributed by atoms with Crippen LogP contribution < -0.4 is 5.32 Å². The fourth-order valence-electron chi connectivity index (χ4n) is 3.23. The number of benzene rings is 1. The van der Waals surface area contributed by atoms with Crippen LogP contribution in [-0.2, 0) is 17.8 Å². The van der Waals surface area contributed by atoms with Gasteiger partial charge >= 0.3 is 0 Å². The molecular weight excluding hydrogens is 364 g/mol. The van der Waals surface area contributed by atoms with E-state index < -0.39 is 0 Å². The highest BCUT2D eigenvalue weighted by Gasteiger charge is 2.30. The number of carbonyl (C=O) groups is 2. The summed E-state index contributed by atoms with van der Waals surface area (Å²) in [5.74, 6) is 0.975. The maximum absolute atomic E-state index is 12.8. The first-order valence-electron chi connectivity index (χ1n) is 9.26. The first-order valence-corrected chi connectivity index (χ1v) is 9.64.